The summed E-state index contributed by atoms with van der Waals surface area (Å²) < 4.78 is 32.4. The van der Waals surface area contributed by atoms with Crippen molar-refractivity contribution in [1.82, 2.24) is 4.90 Å². The Balaban J connectivity index is 1.73. The van der Waals surface area contributed by atoms with E-state index in [9.17, 15) is 13.6 Å². The van der Waals surface area contributed by atoms with Gasteiger partial charge in [-0.1, -0.05) is 26.0 Å². The van der Waals surface area contributed by atoms with Crippen LogP contribution in [0, 0.1) is 28.4 Å². The van der Waals surface area contributed by atoms with Crippen LogP contribution < -0.4 is 0 Å². The number of ether oxygens (including phenoxy) is 1. The number of hydrogen-bond donors (Lipinski definition) is 0. The van der Waals surface area contributed by atoms with Gasteiger partial charge in [0, 0.05) is 31.2 Å². The Bertz CT molecular complexity index is 631. The van der Waals surface area contributed by atoms with E-state index in [1.54, 1.807) is 12.0 Å². The number of benzene rings is 1. The third kappa shape index (κ3) is 2.65. The van der Waals surface area contributed by atoms with Crippen molar-refractivity contribution >= 4 is 5.91 Å². The van der Waals surface area contributed by atoms with Crippen LogP contribution in [0.5, 0.6) is 0 Å². The molecule has 0 spiro atoms. The molecule has 1 heterocycles. The Morgan fingerprint density at radius 2 is 2.13 bits per heavy atom. The smallest absolute Gasteiger partial charge is 0.227 e. The topological polar surface area (TPSA) is 29.5 Å². The summed E-state index contributed by atoms with van der Waals surface area (Å²) in [5.74, 6) is -1.57. The minimum absolute atomic E-state index is 0.0222. The number of hydrogen-bond acceptors (Lipinski definition) is 2. The van der Waals surface area contributed by atoms with Crippen molar-refractivity contribution in [3.8, 4) is 0 Å². The lowest BCUT2D eigenvalue weighted by Crippen LogP contribution is -2.55. The summed E-state index contributed by atoms with van der Waals surface area (Å²) in [4.78, 5) is 14.3. The first-order valence-electron chi connectivity index (χ1n) is 7.99. The van der Waals surface area contributed by atoms with E-state index in [4.69, 9.17) is 4.74 Å². The summed E-state index contributed by atoms with van der Waals surface area (Å²) in [7, 11) is 1.68. The zero-order valence-corrected chi connectivity index (χ0v) is 13.9. The summed E-state index contributed by atoms with van der Waals surface area (Å²) >= 11 is 0. The van der Waals surface area contributed by atoms with E-state index in [-0.39, 0.29) is 28.7 Å². The second-order valence-corrected chi connectivity index (χ2v) is 7.68. The van der Waals surface area contributed by atoms with Crippen LogP contribution in [0.3, 0.4) is 0 Å². The van der Waals surface area contributed by atoms with Gasteiger partial charge in [0.05, 0.1) is 13.0 Å². The fourth-order valence-electron chi connectivity index (χ4n) is 4.76. The highest BCUT2D eigenvalue weighted by Crippen LogP contribution is 2.62. The predicted octanol–water partition coefficient (Wildman–Crippen LogP) is 3.03. The van der Waals surface area contributed by atoms with Crippen LogP contribution in [0.25, 0.3) is 0 Å². The molecule has 23 heavy (non-hydrogen) atoms. The largest absolute Gasteiger partial charge is 0.384 e. The molecule has 0 aromatic heterocycles. The first kappa shape index (κ1) is 16.4. The monoisotopic (exact) mass is 323 g/mol. The zero-order chi connectivity index (χ0) is 16.8. The van der Waals surface area contributed by atoms with Crippen LogP contribution in [-0.2, 0) is 16.0 Å². The number of halogens is 2. The maximum Gasteiger partial charge on any atom is 0.227 e. The molecule has 3 nitrogen and oxygen atoms in total. The van der Waals surface area contributed by atoms with E-state index in [2.05, 4.69) is 13.8 Å². The molecule has 2 atom stereocenters. The summed E-state index contributed by atoms with van der Waals surface area (Å²) in [5, 5.41) is 0. The van der Waals surface area contributed by atoms with Gasteiger partial charge in [0.25, 0.3) is 0 Å². The van der Waals surface area contributed by atoms with Crippen molar-refractivity contribution in [3.63, 3.8) is 0 Å². The molecule has 1 aromatic rings. The van der Waals surface area contributed by atoms with E-state index < -0.39 is 11.6 Å². The predicted molar refractivity (Wildman–Crippen MR) is 82.8 cm³/mol. The number of carbonyl (C=O) groups excluding carboxylic acids is 1. The molecular formula is C18H23F2NO2. The average molecular weight is 323 g/mol. The number of nitrogens with zero attached hydrogens (tertiary/aromatic N) is 1. The minimum atomic E-state index is -0.921. The number of amides is 1. The maximum absolute atomic E-state index is 13.8. The Morgan fingerprint density at radius 3 is 2.78 bits per heavy atom. The van der Waals surface area contributed by atoms with Gasteiger partial charge in [0.1, 0.15) is 0 Å². The first-order valence-corrected chi connectivity index (χ1v) is 7.99. The van der Waals surface area contributed by atoms with Gasteiger partial charge in [-0.05, 0) is 23.8 Å². The van der Waals surface area contributed by atoms with Crippen LogP contribution in [0.2, 0.25) is 0 Å². The molecule has 0 bridgehead atoms. The minimum Gasteiger partial charge on any atom is -0.384 e. The maximum atomic E-state index is 13.8. The molecule has 1 aliphatic heterocycles. The molecule has 2 fully saturated rings. The molecule has 1 aliphatic carbocycles. The van der Waals surface area contributed by atoms with Crippen LogP contribution in [0.15, 0.2) is 18.2 Å². The van der Waals surface area contributed by atoms with E-state index in [0.29, 0.717) is 25.6 Å². The van der Waals surface area contributed by atoms with E-state index in [0.717, 1.165) is 12.5 Å². The Morgan fingerprint density at radius 1 is 1.39 bits per heavy atom. The van der Waals surface area contributed by atoms with Crippen molar-refractivity contribution in [2.24, 2.45) is 16.7 Å². The molecule has 3 rings (SSSR count). The highest BCUT2D eigenvalue weighted by atomic mass is 19.2. The molecule has 1 saturated carbocycles. The Hall–Kier alpha value is -1.49. The number of fused-ring (bicyclic) bond motifs is 1. The fraction of sp³-hybridized carbons (Fsp3) is 0.611. The normalized spacial score (nSPS) is 28.4. The highest BCUT2D eigenvalue weighted by Gasteiger charge is 2.63. The Labute approximate surface area is 135 Å². The molecule has 1 aromatic carbocycles. The third-order valence-corrected chi connectivity index (χ3v) is 5.56. The van der Waals surface area contributed by atoms with Gasteiger partial charge in [0.2, 0.25) is 5.91 Å². The summed E-state index contributed by atoms with van der Waals surface area (Å²) in [6, 6.07) is 3.97. The molecular weight excluding hydrogens is 300 g/mol. The van der Waals surface area contributed by atoms with Crippen molar-refractivity contribution in [2.45, 2.75) is 26.7 Å². The fourth-order valence-corrected chi connectivity index (χ4v) is 4.76. The first-order chi connectivity index (χ1) is 10.8. The molecule has 5 heteroatoms. The van der Waals surface area contributed by atoms with Gasteiger partial charge >= 0.3 is 0 Å². The number of rotatable bonds is 4. The van der Waals surface area contributed by atoms with Crippen molar-refractivity contribution in [3.05, 3.63) is 35.4 Å². The van der Waals surface area contributed by atoms with E-state index >= 15 is 0 Å². The highest BCUT2D eigenvalue weighted by molar-refractivity contribution is 5.79. The molecule has 2 aliphatic rings. The number of carbonyl (C=O) groups is 1. The lowest BCUT2D eigenvalue weighted by atomic mass is 9.48. The van der Waals surface area contributed by atoms with Gasteiger partial charge in [-0.15, -0.1) is 0 Å². The Kier molecular flexibility index (Phi) is 3.95. The molecule has 0 N–H and O–H groups in total. The number of likely N-dealkylation sites (tertiary alicyclic amines) is 1. The molecule has 0 radical (unpaired) electrons. The summed E-state index contributed by atoms with van der Waals surface area (Å²) in [5.41, 5.74) is 0.334. The number of methoxy groups -OCH3 is 1. The molecule has 1 amide bonds. The van der Waals surface area contributed by atoms with E-state index in [1.807, 2.05) is 0 Å². The lowest BCUT2D eigenvalue weighted by Gasteiger charge is -2.56. The molecule has 1 saturated heterocycles. The van der Waals surface area contributed by atoms with Gasteiger partial charge < -0.3 is 9.64 Å². The van der Waals surface area contributed by atoms with E-state index in [1.165, 1.54) is 12.1 Å². The third-order valence-electron chi connectivity index (χ3n) is 5.56. The van der Waals surface area contributed by atoms with Crippen LogP contribution >= 0.6 is 0 Å². The van der Waals surface area contributed by atoms with Crippen LogP contribution in [-0.4, -0.2) is 37.6 Å². The van der Waals surface area contributed by atoms with Gasteiger partial charge in [0.15, 0.2) is 11.6 Å². The van der Waals surface area contributed by atoms with Crippen molar-refractivity contribution in [2.75, 3.05) is 26.8 Å². The van der Waals surface area contributed by atoms with Crippen molar-refractivity contribution < 1.29 is 18.3 Å². The lowest BCUT2D eigenvalue weighted by molar-refractivity contribution is -0.130. The standard InChI is InChI=1S/C18H23F2NO2/c1-17(2)9-18(11-23-3)10-21(8-14(17)18)15(22)7-12-5-4-6-13(19)16(12)20/h4-6,14H,7-11H2,1-3H3/t14-,18-/m1/s1. The zero-order valence-electron chi connectivity index (χ0n) is 13.9. The second kappa shape index (κ2) is 5.55. The van der Waals surface area contributed by atoms with Crippen molar-refractivity contribution in [1.29, 1.82) is 0 Å². The second-order valence-electron chi connectivity index (χ2n) is 7.68. The van der Waals surface area contributed by atoms with Gasteiger partial charge in [-0.25, -0.2) is 8.78 Å². The summed E-state index contributed by atoms with van der Waals surface area (Å²) in [6.07, 6.45) is 0.927. The van der Waals surface area contributed by atoms with Crippen LogP contribution in [0.1, 0.15) is 25.8 Å². The average Bonchev–Trinajstić information content (AvgIpc) is 2.79. The van der Waals surface area contributed by atoms with Crippen LogP contribution in [0.4, 0.5) is 8.78 Å². The molecule has 126 valence electrons. The van der Waals surface area contributed by atoms with Gasteiger partial charge in [-0.2, -0.15) is 0 Å². The SMILES string of the molecule is COC[C@@]12CN(C(=O)Cc3cccc(F)c3F)C[C@@H]1C(C)(C)C2. The molecule has 0 unspecified atom stereocenters. The quantitative estimate of drug-likeness (QED) is 0.852. The van der Waals surface area contributed by atoms with Gasteiger partial charge in [-0.3, -0.25) is 4.79 Å². The summed E-state index contributed by atoms with van der Waals surface area (Å²) in [6.45, 7) is 6.38.